The molecule has 0 aromatic rings. The summed E-state index contributed by atoms with van der Waals surface area (Å²) >= 11 is 0. The fourth-order valence-electron chi connectivity index (χ4n) is 1.73. The Morgan fingerprint density at radius 1 is 1.07 bits per heavy atom. The van der Waals surface area contributed by atoms with Crippen molar-refractivity contribution in [3.63, 3.8) is 0 Å². The maximum absolute atomic E-state index is 9.97. The first-order chi connectivity index (χ1) is 6.95. The highest BCUT2D eigenvalue weighted by atomic mass is 16.3. The van der Waals surface area contributed by atoms with Gasteiger partial charge in [0.05, 0.1) is 12.2 Å². The van der Waals surface area contributed by atoms with E-state index in [2.05, 4.69) is 11.8 Å². The van der Waals surface area contributed by atoms with Gasteiger partial charge < -0.3 is 10.2 Å². The quantitative estimate of drug-likeness (QED) is 0.685. The molecular formula is C13H24O2. The second-order valence-corrected chi connectivity index (χ2v) is 4.41. The van der Waals surface area contributed by atoms with Crippen LogP contribution in [-0.4, -0.2) is 22.4 Å². The van der Waals surface area contributed by atoms with E-state index in [4.69, 9.17) is 0 Å². The lowest BCUT2D eigenvalue weighted by molar-refractivity contribution is -0.0194. The number of aliphatic hydroxyl groups is 2. The van der Waals surface area contributed by atoms with E-state index in [9.17, 15) is 10.2 Å². The summed E-state index contributed by atoms with van der Waals surface area (Å²) in [4.78, 5) is 0. The summed E-state index contributed by atoms with van der Waals surface area (Å²) in [5.74, 6) is 5.73. The van der Waals surface area contributed by atoms with E-state index in [-0.39, 0.29) is 17.8 Å². The number of aliphatic hydroxyl groups excluding tert-OH is 2. The minimum absolute atomic E-state index is 0.0799. The minimum Gasteiger partial charge on any atom is -0.392 e. The zero-order valence-electron chi connectivity index (χ0n) is 10.5. The van der Waals surface area contributed by atoms with Crippen LogP contribution in [0.5, 0.6) is 0 Å². The van der Waals surface area contributed by atoms with Crippen LogP contribution >= 0.6 is 0 Å². The summed E-state index contributed by atoms with van der Waals surface area (Å²) in [6.45, 7) is 9.58. The fraction of sp³-hybridized carbons (Fsp3) is 0.846. The number of hydrogen-bond donors (Lipinski definition) is 2. The van der Waals surface area contributed by atoms with Gasteiger partial charge in [-0.15, -0.1) is 5.92 Å². The molecule has 2 nitrogen and oxygen atoms in total. The molecule has 0 fully saturated rings. The molecule has 0 aromatic heterocycles. The molecule has 2 N–H and O–H groups in total. The molecule has 0 aliphatic carbocycles. The molecule has 0 amide bonds. The van der Waals surface area contributed by atoms with Gasteiger partial charge in [0.2, 0.25) is 0 Å². The van der Waals surface area contributed by atoms with Gasteiger partial charge in [0.25, 0.3) is 0 Å². The first-order valence-electron chi connectivity index (χ1n) is 5.74. The molecule has 0 aliphatic heterocycles. The third kappa shape index (κ3) is 4.24. The lowest BCUT2D eigenvalue weighted by Crippen LogP contribution is -2.37. The van der Waals surface area contributed by atoms with Gasteiger partial charge in [-0.25, -0.2) is 0 Å². The minimum atomic E-state index is -0.554. The average Bonchev–Trinajstić information content (AvgIpc) is 2.25. The van der Waals surface area contributed by atoms with Crippen LogP contribution in [0, 0.1) is 29.6 Å². The van der Waals surface area contributed by atoms with Crippen molar-refractivity contribution in [3.8, 4) is 11.8 Å². The average molecular weight is 212 g/mol. The molecule has 5 atom stereocenters. The van der Waals surface area contributed by atoms with Crippen LogP contribution in [-0.2, 0) is 0 Å². The second-order valence-electron chi connectivity index (χ2n) is 4.41. The highest BCUT2D eigenvalue weighted by Crippen LogP contribution is 2.22. The van der Waals surface area contributed by atoms with E-state index in [1.165, 1.54) is 0 Å². The van der Waals surface area contributed by atoms with Crippen LogP contribution in [0.1, 0.15) is 41.0 Å². The molecule has 0 radical (unpaired) electrons. The fourth-order valence-corrected chi connectivity index (χ4v) is 1.73. The highest BCUT2D eigenvalue weighted by Gasteiger charge is 2.28. The molecule has 0 unspecified atom stereocenters. The Morgan fingerprint density at radius 3 is 2.00 bits per heavy atom. The maximum atomic E-state index is 9.97. The van der Waals surface area contributed by atoms with E-state index >= 15 is 0 Å². The van der Waals surface area contributed by atoms with Crippen LogP contribution in [0.25, 0.3) is 0 Å². The van der Waals surface area contributed by atoms with Gasteiger partial charge >= 0.3 is 0 Å². The predicted octanol–water partition coefficient (Wildman–Crippen LogP) is 2.05. The molecule has 0 aromatic carbocycles. The third-order valence-corrected chi connectivity index (χ3v) is 3.19. The Balaban J connectivity index is 4.40. The Labute approximate surface area is 93.7 Å². The maximum Gasteiger partial charge on any atom is 0.0725 e. The van der Waals surface area contributed by atoms with Crippen LogP contribution in [0.3, 0.4) is 0 Å². The van der Waals surface area contributed by atoms with Gasteiger partial charge in [0.1, 0.15) is 0 Å². The van der Waals surface area contributed by atoms with Crippen molar-refractivity contribution in [2.45, 2.75) is 53.2 Å². The lowest BCUT2D eigenvalue weighted by Gasteiger charge is -2.29. The van der Waals surface area contributed by atoms with Crippen molar-refractivity contribution in [2.75, 3.05) is 0 Å². The molecule has 88 valence electrons. The van der Waals surface area contributed by atoms with Crippen molar-refractivity contribution in [2.24, 2.45) is 17.8 Å². The molecule has 0 heterocycles. The van der Waals surface area contributed by atoms with E-state index in [0.29, 0.717) is 0 Å². The molecule has 0 rings (SSSR count). The number of hydrogen-bond acceptors (Lipinski definition) is 2. The molecule has 0 saturated heterocycles. The number of rotatable bonds is 5. The van der Waals surface area contributed by atoms with Gasteiger partial charge in [-0.05, 0) is 19.8 Å². The third-order valence-electron chi connectivity index (χ3n) is 3.19. The zero-order valence-corrected chi connectivity index (χ0v) is 10.5. The van der Waals surface area contributed by atoms with Gasteiger partial charge in [-0.2, -0.15) is 0 Å². The van der Waals surface area contributed by atoms with Gasteiger partial charge in [0.15, 0.2) is 0 Å². The summed E-state index contributed by atoms with van der Waals surface area (Å²) in [7, 11) is 0. The van der Waals surface area contributed by atoms with Gasteiger partial charge in [-0.3, -0.25) is 0 Å². The summed E-state index contributed by atoms with van der Waals surface area (Å²) in [5.41, 5.74) is 0. The highest BCUT2D eigenvalue weighted by molar-refractivity contribution is 5.03. The summed E-state index contributed by atoms with van der Waals surface area (Å²) in [6.07, 6.45) is -0.0842. The molecule has 0 saturated carbocycles. The topological polar surface area (TPSA) is 40.5 Å². The summed E-state index contributed by atoms with van der Waals surface area (Å²) < 4.78 is 0. The molecule has 0 spiro atoms. The van der Waals surface area contributed by atoms with Gasteiger partial charge in [-0.1, -0.05) is 33.1 Å². The standard InChI is InChI=1S/C13H24O2/c1-6-8-10(4)13(15)11(5)12(14)9(3)7-2/h9-15H,7H2,1-5H3/t9-,10+,11-,12+,13+/m0/s1. The Morgan fingerprint density at radius 2 is 1.60 bits per heavy atom. The molecule has 2 heteroatoms. The molecule has 0 aliphatic rings. The Bertz CT molecular complexity index is 226. The summed E-state index contributed by atoms with van der Waals surface area (Å²) in [6, 6.07) is 0. The van der Waals surface area contributed by atoms with Crippen LogP contribution in [0.15, 0.2) is 0 Å². The Kier molecular flexibility index (Phi) is 6.63. The lowest BCUT2D eigenvalue weighted by atomic mass is 9.83. The largest absolute Gasteiger partial charge is 0.392 e. The van der Waals surface area contributed by atoms with Crippen LogP contribution < -0.4 is 0 Å². The monoisotopic (exact) mass is 212 g/mol. The summed E-state index contributed by atoms with van der Waals surface area (Å²) in [5, 5.41) is 19.9. The second kappa shape index (κ2) is 6.87. The van der Waals surface area contributed by atoms with E-state index in [1.807, 2.05) is 27.7 Å². The normalized spacial score (nSPS) is 20.7. The van der Waals surface area contributed by atoms with Crippen molar-refractivity contribution < 1.29 is 10.2 Å². The van der Waals surface area contributed by atoms with E-state index in [0.717, 1.165) is 6.42 Å². The first-order valence-corrected chi connectivity index (χ1v) is 5.74. The molecule has 15 heavy (non-hydrogen) atoms. The molecule has 0 bridgehead atoms. The van der Waals surface area contributed by atoms with Gasteiger partial charge in [0, 0.05) is 11.8 Å². The van der Waals surface area contributed by atoms with Crippen molar-refractivity contribution >= 4 is 0 Å². The van der Waals surface area contributed by atoms with Crippen molar-refractivity contribution in [1.29, 1.82) is 0 Å². The zero-order chi connectivity index (χ0) is 12.0. The van der Waals surface area contributed by atoms with Crippen LogP contribution in [0.4, 0.5) is 0 Å². The predicted molar refractivity (Wildman–Crippen MR) is 63.2 cm³/mol. The molecular weight excluding hydrogens is 188 g/mol. The first kappa shape index (κ1) is 14.5. The van der Waals surface area contributed by atoms with Crippen molar-refractivity contribution in [1.82, 2.24) is 0 Å². The van der Waals surface area contributed by atoms with E-state index in [1.54, 1.807) is 6.92 Å². The SMILES string of the molecule is CC#C[C@@H](C)[C@@H](O)[C@@H](C)[C@H](O)[C@@H](C)CC. The smallest absolute Gasteiger partial charge is 0.0725 e. The van der Waals surface area contributed by atoms with E-state index < -0.39 is 12.2 Å². The Hall–Kier alpha value is -0.520. The van der Waals surface area contributed by atoms with Crippen molar-refractivity contribution in [3.05, 3.63) is 0 Å². The van der Waals surface area contributed by atoms with Crippen LogP contribution in [0.2, 0.25) is 0 Å².